The van der Waals surface area contributed by atoms with Crippen LogP contribution in [0.2, 0.25) is 0 Å². The molecule has 2 aromatic rings. The summed E-state index contributed by atoms with van der Waals surface area (Å²) in [4.78, 5) is 0. The van der Waals surface area contributed by atoms with Gasteiger partial charge >= 0.3 is 0 Å². The Morgan fingerprint density at radius 1 is 1.43 bits per heavy atom. The Kier molecular flexibility index (Phi) is 2.06. The molecule has 5 heteroatoms. The van der Waals surface area contributed by atoms with Gasteiger partial charge in [-0.25, -0.2) is 4.39 Å². The van der Waals surface area contributed by atoms with Crippen LogP contribution in [-0.4, -0.2) is 10.2 Å². The van der Waals surface area contributed by atoms with Gasteiger partial charge in [0, 0.05) is 11.8 Å². The van der Waals surface area contributed by atoms with Gasteiger partial charge in [0.05, 0.1) is 12.4 Å². The zero-order valence-electron chi connectivity index (χ0n) is 7.20. The van der Waals surface area contributed by atoms with Gasteiger partial charge in [-0.05, 0) is 12.1 Å². The van der Waals surface area contributed by atoms with Gasteiger partial charge in [0.1, 0.15) is 0 Å². The highest BCUT2D eigenvalue weighted by molar-refractivity contribution is 5.43. The van der Waals surface area contributed by atoms with Crippen molar-refractivity contribution in [3.8, 4) is 11.5 Å². The number of benzene rings is 1. The molecule has 1 aromatic carbocycles. The highest BCUT2D eigenvalue weighted by atomic mass is 19.1. The number of ether oxygens (including phenoxy) is 1. The first-order valence-electron chi connectivity index (χ1n) is 3.97. The Hall–Kier alpha value is -2.04. The van der Waals surface area contributed by atoms with E-state index in [1.165, 1.54) is 24.5 Å². The minimum absolute atomic E-state index is 0.126. The van der Waals surface area contributed by atoms with Gasteiger partial charge < -0.3 is 10.5 Å². The van der Waals surface area contributed by atoms with Crippen molar-refractivity contribution in [1.82, 2.24) is 10.2 Å². The van der Waals surface area contributed by atoms with Crippen molar-refractivity contribution in [2.45, 2.75) is 0 Å². The molecule has 0 aliphatic carbocycles. The molecule has 0 unspecified atom stereocenters. The van der Waals surface area contributed by atoms with Crippen molar-refractivity contribution in [3.63, 3.8) is 0 Å². The predicted molar refractivity (Wildman–Crippen MR) is 49.5 cm³/mol. The number of aromatic amines is 1. The number of nitrogen functional groups attached to an aromatic ring is 1. The van der Waals surface area contributed by atoms with E-state index < -0.39 is 5.82 Å². The molecule has 0 radical (unpaired) electrons. The summed E-state index contributed by atoms with van der Waals surface area (Å²) >= 11 is 0. The predicted octanol–water partition coefficient (Wildman–Crippen LogP) is 1.92. The van der Waals surface area contributed by atoms with Gasteiger partial charge in [-0.2, -0.15) is 5.10 Å². The van der Waals surface area contributed by atoms with Crippen LogP contribution in [0.25, 0.3) is 0 Å². The van der Waals surface area contributed by atoms with E-state index in [1.54, 1.807) is 6.07 Å². The quantitative estimate of drug-likeness (QED) is 0.716. The van der Waals surface area contributed by atoms with Crippen molar-refractivity contribution in [2.75, 3.05) is 5.73 Å². The number of nitrogens with two attached hydrogens (primary N) is 1. The third-order valence-electron chi connectivity index (χ3n) is 1.66. The standard InChI is InChI=1S/C9H8FN3O/c10-8-3-6(11)1-2-9(8)14-7-4-12-13-5-7/h1-5H,11H2,(H,12,13). The maximum atomic E-state index is 13.2. The lowest BCUT2D eigenvalue weighted by atomic mass is 10.3. The Labute approximate surface area is 79.5 Å². The average Bonchev–Trinajstić information content (AvgIpc) is 2.62. The average molecular weight is 193 g/mol. The normalized spacial score (nSPS) is 10.1. The van der Waals surface area contributed by atoms with Crippen molar-refractivity contribution in [2.24, 2.45) is 0 Å². The van der Waals surface area contributed by atoms with Crippen LogP contribution in [0.1, 0.15) is 0 Å². The third kappa shape index (κ3) is 1.66. The second kappa shape index (κ2) is 3.37. The van der Waals surface area contributed by atoms with Gasteiger partial charge in [-0.3, -0.25) is 5.10 Å². The van der Waals surface area contributed by atoms with E-state index in [-0.39, 0.29) is 5.75 Å². The molecule has 72 valence electrons. The number of halogens is 1. The molecule has 0 aliphatic heterocycles. The fraction of sp³-hybridized carbons (Fsp3) is 0. The summed E-state index contributed by atoms with van der Waals surface area (Å²) in [6, 6.07) is 4.24. The molecule has 0 bridgehead atoms. The van der Waals surface area contributed by atoms with Crippen LogP contribution in [0.4, 0.5) is 10.1 Å². The molecule has 3 N–H and O–H groups in total. The van der Waals surface area contributed by atoms with Crippen LogP contribution in [-0.2, 0) is 0 Å². The molecule has 0 atom stereocenters. The van der Waals surface area contributed by atoms with E-state index in [0.29, 0.717) is 11.4 Å². The van der Waals surface area contributed by atoms with Gasteiger partial charge in [0.15, 0.2) is 17.3 Å². The van der Waals surface area contributed by atoms with Crippen molar-refractivity contribution >= 4 is 5.69 Å². The Morgan fingerprint density at radius 3 is 2.93 bits per heavy atom. The molecule has 0 aliphatic rings. The van der Waals surface area contributed by atoms with Crippen LogP contribution < -0.4 is 10.5 Å². The summed E-state index contributed by atoms with van der Waals surface area (Å²) in [5, 5.41) is 6.23. The van der Waals surface area contributed by atoms with Crippen LogP contribution in [0.5, 0.6) is 11.5 Å². The molecule has 0 saturated carbocycles. The van der Waals surface area contributed by atoms with E-state index in [4.69, 9.17) is 10.5 Å². The third-order valence-corrected chi connectivity index (χ3v) is 1.66. The molecule has 0 amide bonds. The van der Waals surface area contributed by atoms with Crippen molar-refractivity contribution < 1.29 is 9.13 Å². The van der Waals surface area contributed by atoms with Crippen molar-refractivity contribution in [1.29, 1.82) is 0 Å². The van der Waals surface area contributed by atoms with E-state index in [0.717, 1.165) is 0 Å². The van der Waals surface area contributed by atoms with E-state index in [1.807, 2.05) is 0 Å². The maximum Gasteiger partial charge on any atom is 0.167 e. The first kappa shape index (κ1) is 8.55. The SMILES string of the molecule is Nc1ccc(Oc2cn[nH]c2)c(F)c1. The number of nitrogens with zero attached hydrogens (tertiary/aromatic N) is 1. The first-order valence-corrected chi connectivity index (χ1v) is 3.97. The molecule has 4 nitrogen and oxygen atoms in total. The fourth-order valence-electron chi connectivity index (χ4n) is 1.02. The summed E-state index contributed by atoms with van der Waals surface area (Å²) in [6.45, 7) is 0. The minimum Gasteiger partial charge on any atom is -0.451 e. The minimum atomic E-state index is -0.494. The number of hydrogen-bond donors (Lipinski definition) is 2. The zero-order chi connectivity index (χ0) is 9.97. The number of anilines is 1. The van der Waals surface area contributed by atoms with Crippen LogP contribution in [0.15, 0.2) is 30.6 Å². The highest BCUT2D eigenvalue weighted by Crippen LogP contribution is 2.24. The molecule has 0 fully saturated rings. The number of H-pyrrole nitrogens is 1. The van der Waals surface area contributed by atoms with E-state index >= 15 is 0 Å². The van der Waals surface area contributed by atoms with Gasteiger partial charge in [-0.1, -0.05) is 0 Å². The molecule has 1 heterocycles. The largest absolute Gasteiger partial charge is 0.451 e. The monoisotopic (exact) mass is 193 g/mol. The zero-order valence-corrected chi connectivity index (χ0v) is 7.20. The summed E-state index contributed by atoms with van der Waals surface area (Å²) in [7, 11) is 0. The molecule has 1 aromatic heterocycles. The maximum absolute atomic E-state index is 13.2. The lowest BCUT2D eigenvalue weighted by Crippen LogP contribution is -1.90. The molecule has 0 spiro atoms. The molecule has 14 heavy (non-hydrogen) atoms. The number of nitrogens with one attached hydrogen (secondary N) is 1. The lowest BCUT2D eigenvalue weighted by Gasteiger charge is -2.03. The van der Waals surface area contributed by atoms with Gasteiger partial charge in [0.2, 0.25) is 0 Å². The van der Waals surface area contributed by atoms with Crippen LogP contribution in [0.3, 0.4) is 0 Å². The Balaban J connectivity index is 2.25. The summed E-state index contributed by atoms with van der Waals surface area (Å²) < 4.78 is 18.4. The highest BCUT2D eigenvalue weighted by Gasteiger charge is 2.05. The van der Waals surface area contributed by atoms with Crippen LogP contribution in [0, 0.1) is 5.82 Å². The van der Waals surface area contributed by atoms with Gasteiger partial charge in [-0.15, -0.1) is 0 Å². The topological polar surface area (TPSA) is 63.9 Å². The Morgan fingerprint density at radius 2 is 2.29 bits per heavy atom. The molecular formula is C9H8FN3O. The summed E-state index contributed by atoms with van der Waals surface area (Å²) in [5.74, 6) is 0.0838. The molecule has 0 saturated heterocycles. The molecular weight excluding hydrogens is 185 g/mol. The molecule has 2 rings (SSSR count). The number of aromatic nitrogens is 2. The lowest BCUT2D eigenvalue weighted by molar-refractivity contribution is 0.443. The van der Waals surface area contributed by atoms with Crippen LogP contribution >= 0.6 is 0 Å². The van der Waals surface area contributed by atoms with E-state index in [2.05, 4.69) is 10.2 Å². The fourth-order valence-corrected chi connectivity index (χ4v) is 1.02. The Bertz CT molecular complexity index is 428. The van der Waals surface area contributed by atoms with E-state index in [9.17, 15) is 4.39 Å². The smallest absolute Gasteiger partial charge is 0.167 e. The summed E-state index contributed by atoms with van der Waals surface area (Å²) in [6.07, 6.45) is 2.98. The second-order valence-electron chi connectivity index (χ2n) is 2.73. The first-order chi connectivity index (χ1) is 6.75. The second-order valence-corrected chi connectivity index (χ2v) is 2.73. The number of rotatable bonds is 2. The van der Waals surface area contributed by atoms with Crippen molar-refractivity contribution in [3.05, 3.63) is 36.4 Å². The van der Waals surface area contributed by atoms with Gasteiger partial charge in [0.25, 0.3) is 0 Å². The number of hydrogen-bond acceptors (Lipinski definition) is 3. The summed E-state index contributed by atoms with van der Waals surface area (Å²) in [5.41, 5.74) is 5.75.